The van der Waals surface area contributed by atoms with Crippen LogP contribution in [0.25, 0.3) is 0 Å². The van der Waals surface area contributed by atoms with Crippen LogP contribution >= 0.6 is 0 Å². The van der Waals surface area contributed by atoms with Crippen LogP contribution in [0.1, 0.15) is 58.3 Å². The van der Waals surface area contributed by atoms with Gasteiger partial charge in [-0.1, -0.05) is 57.6 Å². The molecule has 122 valence electrons. The van der Waals surface area contributed by atoms with Gasteiger partial charge in [-0.15, -0.1) is 0 Å². The minimum absolute atomic E-state index is 0.341. The van der Waals surface area contributed by atoms with Gasteiger partial charge in [-0.3, -0.25) is 4.79 Å². The number of hydrazine groups is 1. The lowest BCUT2D eigenvalue weighted by atomic mass is 10.1. The molecule has 1 rings (SSSR count). The third-order valence-corrected chi connectivity index (χ3v) is 3.31. The van der Waals surface area contributed by atoms with E-state index in [1.165, 1.54) is 32.1 Å². The van der Waals surface area contributed by atoms with Crippen molar-refractivity contribution in [3.05, 3.63) is 24.4 Å². The summed E-state index contributed by atoms with van der Waals surface area (Å²) in [4.78, 5) is 10.1. The summed E-state index contributed by atoms with van der Waals surface area (Å²) in [6.07, 6.45) is 16.9. The summed E-state index contributed by atoms with van der Waals surface area (Å²) in [5.41, 5.74) is 0. The number of hydrogen-bond acceptors (Lipinski definition) is 3. The molecule has 0 saturated heterocycles. The highest BCUT2D eigenvalue weighted by Crippen LogP contribution is 2.07. The van der Waals surface area contributed by atoms with E-state index in [0.717, 1.165) is 19.4 Å². The van der Waals surface area contributed by atoms with E-state index in [1.807, 2.05) is 20.2 Å². The second-order valence-electron chi connectivity index (χ2n) is 5.50. The first-order valence-electron chi connectivity index (χ1n) is 8.07. The van der Waals surface area contributed by atoms with E-state index in [9.17, 15) is 4.79 Å². The number of nitrogens with zero attached hydrogens (tertiary/aromatic N) is 2. The molecule has 0 aromatic rings. The van der Waals surface area contributed by atoms with E-state index >= 15 is 0 Å². The molecule has 1 heterocycles. The first kappa shape index (κ1) is 19.7. The van der Waals surface area contributed by atoms with Gasteiger partial charge >= 0.3 is 5.97 Å². The molecule has 4 nitrogen and oxygen atoms in total. The van der Waals surface area contributed by atoms with Crippen molar-refractivity contribution in [1.82, 2.24) is 10.0 Å². The van der Waals surface area contributed by atoms with Gasteiger partial charge in [0.25, 0.3) is 0 Å². The Morgan fingerprint density at radius 1 is 1.10 bits per heavy atom. The second kappa shape index (κ2) is 13.7. The van der Waals surface area contributed by atoms with Crippen LogP contribution in [0.4, 0.5) is 0 Å². The molecule has 0 fully saturated rings. The fourth-order valence-corrected chi connectivity index (χ4v) is 1.99. The van der Waals surface area contributed by atoms with Crippen molar-refractivity contribution in [3.63, 3.8) is 0 Å². The molecule has 0 atom stereocenters. The number of hydrogen-bond donors (Lipinski definition) is 1. The molecular formula is C17H32N2O2. The minimum atomic E-state index is -0.663. The maximum Gasteiger partial charge on any atom is 0.303 e. The number of aliphatic carboxylic acids is 1. The van der Waals surface area contributed by atoms with Crippen LogP contribution in [-0.4, -0.2) is 41.7 Å². The maximum atomic E-state index is 10.1. The van der Waals surface area contributed by atoms with Gasteiger partial charge in [-0.05, 0) is 12.5 Å². The van der Waals surface area contributed by atoms with Crippen LogP contribution in [0.3, 0.4) is 0 Å². The highest BCUT2D eigenvalue weighted by Gasteiger charge is 1.99. The average Bonchev–Trinajstić information content (AvgIpc) is 2.47. The second-order valence-corrected chi connectivity index (χ2v) is 5.50. The predicted molar refractivity (Wildman–Crippen MR) is 88.9 cm³/mol. The summed E-state index contributed by atoms with van der Waals surface area (Å²) in [6.45, 7) is 3.19. The molecule has 1 aliphatic rings. The number of carbonyl (C=O) groups is 1. The fraction of sp³-hybridized carbons (Fsp3) is 0.706. The van der Waals surface area contributed by atoms with Crippen LogP contribution in [-0.2, 0) is 4.79 Å². The molecule has 0 amide bonds. The first-order chi connectivity index (χ1) is 10.1. The van der Waals surface area contributed by atoms with Gasteiger partial charge in [0.1, 0.15) is 0 Å². The van der Waals surface area contributed by atoms with E-state index in [0.29, 0.717) is 6.42 Å². The molecule has 0 aromatic carbocycles. The summed E-state index contributed by atoms with van der Waals surface area (Å²) >= 11 is 0. The normalized spacial score (nSPS) is 13.2. The summed E-state index contributed by atoms with van der Waals surface area (Å²) in [6, 6.07) is 0. The molecule has 0 saturated carbocycles. The Morgan fingerprint density at radius 3 is 2.14 bits per heavy atom. The van der Waals surface area contributed by atoms with E-state index in [4.69, 9.17) is 5.11 Å². The molecule has 4 heteroatoms. The van der Waals surface area contributed by atoms with Crippen molar-refractivity contribution >= 4 is 5.97 Å². The quantitative estimate of drug-likeness (QED) is 0.652. The first-order valence-corrected chi connectivity index (χ1v) is 8.07. The zero-order valence-corrected chi connectivity index (χ0v) is 13.9. The number of rotatable bonds is 9. The lowest BCUT2D eigenvalue weighted by Gasteiger charge is -2.27. The molecule has 0 spiro atoms. The van der Waals surface area contributed by atoms with Crippen LogP contribution < -0.4 is 0 Å². The SMILES string of the molecule is CCCCCCCCCC(=O)O.CN(C)N1C=CC=CC1. The molecule has 0 aromatic heterocycles. The van der Waals surface area contributed by atoms with Gasteiger partial charge in [-0.25, -0.2) is 5.01 Å². The summed E-state index contributed by atoms with van der Waals surface area (Å²) in [7, 11) is 4.06. The van der Waals surface area contributed by atoms with Crippen LogP contribution in [0.2, 0.25) is 0 Å². The highest BCUT2D eigenvalue weighted by atomic mass is 16.4. The number of unbranched alkanes of at least 4 members (excludes halogenated alkanes) is 6. The van der Waals surface area contributed by atoms with E-state index in [2.05, 4.69) is 35.3 Å². The van der Waals surface area contributed by atoms with Crippen molar-refractivity contribution in [1.29, 1.82) is 0 Å². The molecular weight excluding hydrogens is 264 g/mol. The Kier molecular flexibility index (Phi) is 12.8. The van der Waals surface area contributed by atoms with Crippen LogP contribution in [0.15, 0.2) is 24.4 Å². The zero-order chi connectivity index (χ0) is 15.9. The van der Waals surface area contributed by atoms with Gasteiger partial charge in [0, 0.05) is 26.7 Å². The van der Waals surface area contributed by atoms with Gasteiger partial charge in [0.2, 0.25) is 0 Å². The monoisotopic (exact) mass is 296 g/mol. The Hall–Kier alpha value is -1.29. The zero-order valence-electron chi connectivity index (χ0n) is 13.9. The highest BCUT2D eigenvalue weighted by molar-refractivity contribution is 5.66. The standard InChI is InChI=1S/C10H20O2.C7H12N2/c1-2-3-4-5-6-7-8-9-10(11)12;1-8(2)9-6-4-3-5-7-9/h2-9H2,1H3,(H,11,12);3-6H,7H2,1-2H3. The van der Waals surface area contributed by atoms with Crippen molar-refractivity contribution in [2.45, 2.75) is 58.3 Å². The van der Waals surface area contributed by atoms with Crippen molar-refractivity contribution in [3.8, 4) is 0 Å². The van der Waals surface area contributed by atoms with Crippen molar-refractivity contribution in [2.24, 2.45) is 0 Å². The molecule has 1 N–H and O–H groups in total. The van der Waals surface area contributed by atoms with Crippen molar-refractivity contribution < 1.29 is 9.90 Å². The topological polar surface area (TPSA) is 43.8 Å². The van der Waals surface area contributed by atoms with Gasteiger partial charge in [0.15, 0.2) is 0 Å². The Morgan fingerprint density at radius 2 is 1.71 bits per heavy atom. The third-order valence-electron chi connectivity index (χ3n) is 3.31. The van der Waals surface area contributed by atoms with Crippen LogP contribution in [0.5, 0.6) is 0 Å². The fourth-order valence-electron chi connectivity index (χ4n) is 1.99. The Bertz CT molecular complexity index is 312. The van der Waals surface area contributed by atoms with Crippen LogP contribution in [0, 0.1) is 0 Å². The Labute approximate surface area is 130 Å². The minimum Gasteiger partial charge on any atom is -0.481 e. The smallest absolute Gasteiger partial charge is 0.303 e. The van der Waals surface area contributed by atoms with Gasteiger partial charge < -0.3 is 10.1 Å². The third kappa shape index (κ3) is 13.4. The van der Waals surface area contributed by atoms with E-state index in [-0.39, 0.29) is 0 Å². The number of carboxylic acids is 1. The average molecular weight is 296 g/mol. The molecule has 0 unspecified atom stereocenters. The van der Waals surface area contributed by atoms with Gasteiger partial charge in [-0.2, -0.15) is 0 Å². The van der Waals surface area contributed by atoms with E-state index < -0.39 is 5.97 Å². The largest absolute Gasteiger partial charge is 0.481 e. The van der Waals surface area contributed by atoms with Gasteiger partial charge in [0.05, 0.1) is 6.54 Å². The Balaban J connectivity index is 0.000000394. The summed E-state index contributed by atoms with van der Waals surface area (Å²) in [5.74, 6) is -0.663. The molecule has 1 aliphatic heterocycles. The molecule has 0 radical (unpaired) electrons. The molecule has 21 heavy (non-hydrogen) atoms. The number of allylic oxidation sites excluding steroid dienone is 2. The van der Waals surface area contributed by atoms with E-state index in [1.54, 1.807) is 0 Å². The predicted octanol–water partition coefficient (Wildman–Crippen LogP) is 4.06. The summed E-state index contributed by atoms with van der Waals surface area (Å²) < 4.78 is 0. The van der Waals surface area contributed by atoms with Crippen molar-refractivity contribution in [2.75, 3.05) is 20.6 Å². The molecule has 0 bridgehead atoms. The lowest BCUT2D eigenvalue weighted by molar-refractivity contribution is -0.137. The summed E-state index contributed by atoms with van der Waals surface area (Å²) in [5, 5.41) is 12.5. The molecule has 0 aliphatic carbocycles. The number of carboxylic acid groups (broad SMARTS) is 1. The maximum absolute atomic E-state index is 10.1. The lowest BCUT2D eigenvalue weighted by Crippen LogP contribution is -2.32.